The van der Waals surface area contributed by atoms with Crippen molar-refractivity contribution in [2.45, 2.75) is 12.5 Å². The lowest BCUT2D eigenvalue weighted by molar-refractivity contribution is -0.135. The van der Waals surface area contributed by atoms with Crippen LogP contribution in [-0.4, -0.2) is 56.8 Å². The van der Waals surface area contributed by atoms with Crippen molar-refractivity contribution in [3.05, 3.63) is 29.3 Å². The van der Waals surface area contributed by atoms with Gasteiger partial charge >= 0.3 is 0 Å². The zero-order chi connectivity index (χ0) is 15.1. The van der Waals surface area contributed by atoms with Crippen LogP contribution >= 0.6 is 24.0 Å². The molecule has 124 valence electrons. The van der Waals surface area contributed by atoms with Gasteiger partial charge in [-0.3, -0.25) is 4.79 Å². The Morgan fingerprint density at radius 1 is 1.55 bits per heavy atom. The number of hydrogen-bond acceptors (Lipinski definition) is 4. The van der Waals surface area contributed by atoms with E-state index in [0.29, 0.717) is 31.4 Å². The molecular weight excluding hydrogens is 327 g/mol. The highest BCUT2D eigenvalue weighted by atomic mass is 35.5. The molecule has 0 spiro atoms. The summed E-state index contributed by atoms with van der Waals surface area (Å²) in [5, 5.41) is 3.82. The van der Waals surface area contributed by atoms with Crippen LogP contribution in [0.5, 0.6) is 5.75 Å². The first-order chi connectivity index (χ1) is 10.2. The van der Waals surface area contributed by atoms with Crippen molar-refractivity contribution in [2.75, 3.05) is 40.0 Å². The van der Waals surface area contributed by atoms with Gasteiger partial charge in [-0.25, -0.2) is 0 Å². The molecular formula is C15H22Cl2N2O3. The van der Waals surface area contributed by atoms with Gasteiger partial charge in [0, 0.05) is 25.2 Å². The molecule has 1 aliphatic rings. The average molecular weight is 349 g/mol. The van der Waals surface area contributed by atoms with Crippen LogP contribution in [0.3, 0.4) is 0 Å². The van der Waals surface area contributed by atoms with E-state index in [-0.39, 0.29) is 24.4 Å². The van der Waals surface area contributed by atoms with Crippen LogP contribution in [0.2, 0.25) is 5.02 Å². The summed E-state index contributed by atoms with van der Waals surface area (Å²) in [6.45, 7) is 3.04. The van der Waals surface area contributed by atoms with Crippen molar-refractivity contribution in [1.29, 1.82) is 0 Å². The standard InChI is InChI=1S/C15H21ClN2O3.ClH/c1-18(15(19)14-11-20-9-6-17-14)7-3-8-21-13-5-2-4-12(16)10-13;/h2,4-5,10,14,17H,3,6-9,11H2,1H3;1H. The van der Waals surface area contributed by atoms with Crippen LogP contribution in [0.15, 0.2) is 24.3 Å². The van der Waals surface area contributed by atoms with Gasteiger partial charge in [-0.1, -0.05) is 17.7 Å². The fraction of sp³-hybridized carbons (Fsp3) is 0.533. The first-order valence-electron chi connectivity index (χ1n) is 7.11. The van der Waals surface area contributed by atoms with E-state index >= 15 is 0 Å². The summed E-state index contributed by atoms with van der Waals surface area (Å²) in [5.74, 6) is 0.816. The van der Waals surface area contributed by atoms with E-state index in [1.54, 1.807) is 24.1 Å². The second-order valence-electron chi connectivity index (χ2n) is 5.00. The van der Waals surface area contributed by atoms with Gasteiger partial charge in [-0.05, 0) is 24.6 Å². The number of likely N-dealkylation sites (N-methyl/N-ethyl adjacent to an activating group) is 1. The van der Waals surface area contributed by atoms with Gasteiger partial charge in [0.25, 0.3) is 0 Å². The lowest BCUT2D eigenvalue weighted by atomic mass is 10.2. The van der Waals surface area contributed by atoms with Crippen LogP contribution in [-0.2, 0) is 9.53 Å². The summed E-state index contributed by atoms with van der Waals surface area (Å²) in [7, 11) is 1.80. The molecule has 1 aliphatic heterocycles. The summed E-state index contributed by atoms with van der Waals surface area (Å²) in [6, 6.07) is 7.07. The van der Waals surface area contributed by atoms with E-state index in [4.69, 9.17) is 21.1 Å². The maximum atomic E-state index is 12.1. The molecule has 5 nitrogen and oxygen atoms in total. The second-order valence-corrected chi connectivity index (χ2v) is 5.44. The molecule has 0 aliphatic carbocycles. The molecule has 0 radical (unpaired) electrons. The van der Waals surface area contributed by atoms with Gasteiger partial charge in [0.1, 0.15) is 11.8 Å². The lowest BCUT2D eigenvalue weighted by Gasteiger charge is -2.27. The molecule has 0 bridgehead atoms. The highest BCUT2D eigenvalue weighted by molar-refractivity contribution is 6.30. The van der Waals surface area contributed by atoms with Crippen molar-refractivity contribution >= 4 is 29.9 Å². The van der Waals surface area contributed by atoms with Crippen LogP contribution in [0.25, 0.3) is 0 Å². The van der Waals surface area contributed by atoms with E-state index in [1.165, 1.54) is 0 Å². The highest BCUT2D eigenvalue weighted by Gasteiger charge is 2.23. The smallest absolute Gasteiger partial charge is 0.241 e. The number of benzene rings is 1. The first-order valence-corrected chi connectivity index (χ1v) is 7.49. The van der Waals surface area contributed by atoms with Crippen LogP contribution in [0.1, 0.15) is 6.42 Å². The number of morpholine rings is 1. The van der Waals surface area contributed by atoms with Crippen molar-refractivity contribution in [2.24, 2.45) is 0 Å². The zero-order valence-electron chi connectivity index (χ0n) is 12.6. The SMILES string of the molecule is CN(CCCOc1cccc(Cl)c1)C(=O)C1COCCN1.Cl. The summed E-state index contributed by atoms with van der Waals surface area (Å²) in [4.78, 5) is 13.8. The number of nitrogens with zero attached hydrogens (tertiary/aromatic N) is 1. The highest BCUT2D eigenvalue weighted by Crippen LogP contribution is 2.17. The third kappa shape index (κ3) is 6.01. The number of hydrogen-bond donors (Lipinski definition) is 1. The largest absolute Gasteiger partial charge is 0.493 e. The van der Waals surface area contributed by atoms with Gasteiger partial charge in [0.15, 0.2) is 0 Å². The first kappa shape index (κ1) is 19.0. The number of ether oxygens (including phenoxy) is 2. The molecule has 1 amide bonds. The number of halogens is 2. The number of amides is 1. The molecule has 0 aromatic heterocycles. The molecule has 1 fully saturated rings. The summed E-state index contributed by atoms with van der Waals surface area (Å²) >= 11 is 5.88. The molecule has 1 saturated heterocycles. The van der Waals surface area contributed by atoms with E-state index in [0.717, 1.165) is 18.7 Å². The molecule has 2 rings (SSSR count). The molecule has 1 aromatic rings. The van der Waals surface area contributed by atoms with E-state index in [9.17, 15) is 4.79 Å². The van der Waals surface area contributed by atoms with Gasteiger partial charge in [-0.2, -0.15) is 0 Å². The van der Waals surface area contributed by atoms with Gasteiger partial charge in [0.05, 0.1) is 19.8 Å². The second kappa shape index (κ2) is 9.90. The number of carbonyl (C=O) groups is 1. The predicted molar refractivity (Wildman–Crippen MR) is 89.1 cm³/mol. The zero-order valence-corrected chi connectivity index (χ0v) is 14.2. The van der Waals surface area contributed by atoms with Gasteiger partial charge in [0.2, 0.25) is 5.91 Å². The number of carbonyl (C=O) groups excluding carboxylic acids is 1. The Morgan fingerprint density at radius 2 is 2.36 bits per heavy atom. The minimum Gasteiger partial charge on any atom is -0.493 e. The summed E-state index contributed by atoms with van der Waals surface area (Å²) < 4.78 is 10.9. The monoisotopic (exact) mass is 348 g/mol. The van der Waals surface area contributed by atoms with Crippen molar-refractivity contribution < 1.29 is 14.3 Å². The normalized spacial score (nSPS) is 17.5. The molecule has 1 heterocycles. The van der Waals surface area contributed by atoms with Gasteiger partial charge < -0.3 is 19.7 Å². The fourth-order valence-electron chi connectivity index (χ4n) is 2.15. The minimum absolute atomic E-state index is 0. The van der Waals surface area contributed by atoms with Crippen LogP contribution < -0.4 is 10.1 Å². The van der Waals surface area contributed by atoms with Crippen molar-refractivity contribution in [3.8, 4) is 5.75 Å². The van der Waals surface area contributed by atoms with Crippen molar-refractivity contribution in [1.82, 2.24) is 10.2 Å². The molecule has 1 unspecified atom stereocenters. The van der Waals surface area contributed by atoms with Crippen LogP contribution in [0.4, 0.5) is 0 Å². The topological polar surface area (TPSA) is 50.8 Å². The predicted octanol–water partition coefficient (Wildman–Crippen LogP) is 1.98. The Kier molecular flexibility index (Phi) is 8.56. The van der Waals surface area contributed by atoms with Crippen molar-refractivity contribution in [3.63, 3.8) is 0 Å². The maximum absolute atomic E-state index is 12.1. The lowest BCUT2D eigenvalue weighted by Crippen LogP contribution is -2.51. The van der Waals surface area contributed by atoms with Gasteiger partial charge in [-0.15, -0.1) is 12.4 Å². The van der Waals surface area contributed by atoms with E-state index in [2.05, 4.69) is 5.32 Å². The van der Waals surface area contributed by atoms with E-state index < -0.39 is 0 Å². The minimum atomic E-state index is -0.224. The van der Waals surface area contributed by atoms with E-state index in [1.807, 2.05) is 12.1 Å². The Morgan fingerprint density at radius 3 is 3.05 bits per heavy atom. The fourth-order valence-corrected chi connectivity index (χ4v) is 2.33. The summed E-state index contributed by atoms with van der Waals surface area (Å²) in [6.07, 6.45) is 0.766. The molecule has 22 heavy (non-hydrogen) atoms. The Labute approximate surface area is 142 Å². The number of nitrogens with one attached hydrogen (secondary N) is 1. The third-order valence-electron chi connectivity index (χ3n) is 3.30. The average Bonchev–Trinajstić information content (AvgIpc) is 2.51. The Balaban J connectivity index is 0.00000242. The Bertz CT molecular complexity index is 468. The molecule has 7 heteroatoms. The van der Waals surface area contributed by atoms with Crippen LogP contribution in [0, 0.1) is 0 Å². The molecule has 1 N–H and O–H groups in total. The summed E-state index contributed by atoms with van der Waals surface area (Å²) in [5.41, 5.74) is 0. The molecule has 1 aromatic carbocycles. The number of rotatable bonds is 6. The molecule has 0 saturated carbocycles. The third-order valence-corrected chi connectivity index (χ3v) is 3.53. The maximum Gasteiger partial charge on any atom is 0.241 e. The quantitative estimate of drug-likeness (QED) is 0.798. The Hall–Kier alpha value is -1.01. The molecule has 1 atom stereocenters.